The molecule has 0 saturated carbocycles. The largest absolute Gasteiger partial charge is 0.482 e. The summed E-state index contributed by atoms with van der Waals surface area (Å²) in [6.07, 6.45) is 2.76. The molecule has 1 aliphatic carbocycles. The number of hydrogen-bond acceptors (Lipinski definition) is 4. The Morgan fingerprint density at radius 1 is 1.50 bits per heavy atom. The Labute approximate surface area is 107 Å². The fraction of sp³-hybridized carbons (Fsp3) is 0.500. The summed E-state index contributed by atoms with van der Waals surface area (Å²) < 4.78 is 10.0. The molecule has 0 fully saturated rings. The lowest BCUT2D eigenvalue weighted by Gasteiger charge is -2.12. The maximum atomic E-state index is 11.1. The predicted octanol–water partition coefficient (Wildman–Crippen LogP) is 1.65. The first kappa shape index (κ1) is 12.9. The van der Waals surface area contributed by atoms with Crippen molar-refractivity contribution in [1.29, 1.82) is 0 Å². The van der Waals surface area contributed by atoms with E-state index in [1.54, 1.807) is 0 Å². The fourth-order valence-electron chi connectivity index (χ4n) is 2.49. The molecule has 0 bridgehead atoms. The van der Waals surface area contributed by atoms with Gasteiger partial charge in [0.15, 0.2) is 6.61 Å². The van der Waals surface area contributed by atoms with E-state index >= 15 is 0 Å². The van der Waals surface area contributed by atoms with Crippen molar-refractivity contribution in [3.05, 3.63) is 29.3 Å². The van der Waals surface area contributed by atoms with E-state index < -0.39 is 0 Å². The van der Waals surface area contributed by atoms with Crippen LogP contribution in [0.1, 0.15) is 29.9 Å². The molecule has 1 aliphatic rings. The van der Waals surface area contributed by atoms with E-state index in [4.69, 9.17) is 9.84 Å². The lowest BCUT2D eigenvalue weighted by molar-refractivity contribution is -0.142. The molecule has 4 heteroatoms. The van der Waals surface area contributed by atoms with Gasteiger partial charge >= 0.3 is 5.97 Å². The van der Waals surface area contributed by atoms with Crippen LogP contribution >= 0.6 is 0 Å². The average molecular weight is 250 g/mol. The summed E-state index contributed by atoms with van der Waals surface area (Å²) in [7, 11) is 1.35. The Balaban J connectivity index is 2.12. The van der Waals surface area contributed by atoms with E-state index in [9.17, 15) is 4.79 Å². The molecule has 1 aromatic rings. The van der Waals surface area contributed by atoms with Gasteiger partial charge in [-0.05, 0) is 42.4 Å². The lowest BCUT2D eigenvalue weighted by atomic mass is 9.98. The highest BCUT2D eigenvalue weighted by atomic mass is 16.6. The SMILES string of the molecule is COC(=O)COc1cccc2c1CCC2CCO. The van der Waals surface area contributed by atoms with Crippen molar-refractivity contribution in [3.8, 4) is 5.75 Å². The van der Waals surface area contributed by atoms with Crippen LogP contribution in [0.15, 0.2) is 18.2 Å². The van der Waals surface area contributed by atoms with Gasteiger partial charge in [-0.2, -0.15) is 0 Å². The molecule has 1 atom stereocenters. The number of hydrogen-bond donors (Lipinski definition) is 1. The number of ether oxygens (including phenoxy) is 2. The molecular weight excluding hydrogens is 232 g/mol. The van der Waals surface area contributed by atoms with Crippen molar-refractivity contribution in [2.24, 2.45) is 0 Å². The summed E-state index contributed by atoms with van der Waals surface area (Å²) in [6.45, 7) is 0.148. The van der Waals surface area contributed by atoms with Gasteiger partial charge in [0.2, 0.25) is 0 Å². The van der Waals surface area contributed by atoms with Gasteiger partial charge in [-0.3, -0.25) is 0 Å². The van der Waals surface area contributed by atoms with Gasteiger partial charge in [0.1, 0.15) is 5.75 Å². The van der Waals surface area contributed by atoms with Crippen molar-refractivity contribution >= 4 is 5.97 Å². The molecule has 0 amide bonds. The number of benzene rings is 1. The summed E-state index contributed by atoms with van der Waals surface area (Å²) in [5.74, 6) is 0.794. The zero-order valence-electron chi connectivity index (χ0n) is 10.5. The van der Waals surface area contributed by atoms with Crippen molar-refractivity contribution in [2.45, 2.75) is 25.2 Å². The Hall–Kier alpha value is -1.55. The smallest absolute Gasteiger partial charge is 0.343 e. The number of carbonyl (C=O) groups is 1. The topological polar surface area (TPSA) is 55.8 Å². The molecule has 0 saturated heterocycles. The molecule has 0 heterocycles. The van der Waals surface area contributed by atoms with E-state index in [0.29, 0.717) is 5.92 Å². The normalized spacial score (nSPS) is 17.3. The third kappa shape index (κ3) is 2.64. The summed E-state index contributed by atoms with van der Waals surface area (Å²) in [5, 5.41) is 9.04. The summed E-state index contributed by atoms with van der Waals surface area (Å²) in [4.78, 5) is 11.1. The third-order valence-electron chi connectivity index (χ3n) is 3.40. The molecule has 0 radical (unpaired) electrons. The van der Waals surface area contributed by atoms with Crippen LogP contribution in [0.3, 0.4) is 0 Å². The average Bonchev–Trinajstić information content (AvgIpc) is 2.80. The van der Waals surface area contributed by atoms with E-state index in [2.05, 4.69) is 10.8 Å². The monoisotopic (exact) mass is 250 g/mol. The van der Waals surface area contributed by atoms with E-state index in [0.717, 1.165) is 25.0 Å². The van der Waals surface area contributed by atoms with Crippen LogP contribution < -0.4 is 4.74 Å². The fourth-order valence-corrected chi connectivity index (χ4v) is 2.49. The number of fused-ring (bicyclic) bond motifs is 1. The highest BCUT2D eigenvalue weighted by Gasteiger charge is 2.24. The number of esters is 1. The Kier molecular flexibility index (Phi) is 4.20. The molecule has 0 spiro atoms. The highest BCUT2D eigenvalue weighted by Crippen LogP contribution is 2.39. The number of carbonyl (C=O) groups excluding carboxylic acids is 1. The second-order valence-electron chi connectivity index (χ2n) is 4.44. The molecule has 18 heavy (non-hydrogen) atoms. The van der Waals surface area contributed by atoms with Gasteiger partial charge in [-0.15, -0.1) is 0 Å². The molecular formula is C14H18O4. The van der Waals surface area contributed by atoms with Gasteiger partial charge in [0, 0.05) is 6.61 Å². The van der Waals surface area contributed by atoms with Gasteiger partial charge in [0.25, 0.3) is 0 Å². The third-order valence-corrected chi connectivity index (χ3v) is 3.40. The zero-order valence-corrected chi connectivity index (χ0v) is 10.5. The molecule has 1 N–H and O–H groups in total. The first-order chi connectivity index (χ1) is 8.76. The predicted molar refractivity (Wildman–Crippen MR) is 66.7 cm³/mol. The van der Waals surface area contributed by atoms with Gasteiger partial charge in [0.05, 0.1) is 7.11 Å². The molecule has 1 aromatic carbocycles. The second kappa shape index (κ2) is 5.87. The zero-order chi connectivity index (χ0) is 13.0. The van der Waals surface area contributed by atoms with Crippen molar-refractivity contribution < 1.29 is 19.4 Å². The van der Waals surface area contributed by atoms with Gasteiger partial charge < -0.3 is 14.6 Å². The van der Waals surface area contributed by atoms with Crippen molar-refractivity contribution in [3.63, 3.8) is 0 Å². The van der Waals surface area contributed by atoms with Crippen LogP contribution in [0.5, 0.6) is 5.75 Å². The minimum Gasteiger partial charge on any atom is -0.482 e. The van der Waals surface area contributed by atoms with Crippen LogP contribution in [0.2, 0.25) is 0 Å². The molecule has 1 unspecified atom stereocenters. The first-order valence-electron chi connectivity index (χ1n) is 6.18. The molecule has 0 aliphatic heterocycles. The highest BCUT2D eigenvalue weighted by molar-refractivity contribution is 5.71. The minimum absolute atomic E-state index is 0.0579. The first-order valence-corrected chi connectivity index (χ1v) is 6.18. The second-order valence-corrected chi connectivity index (χ2v) is 4.44. The quantitative estimate of drug-likeness (QED) is 0.807. The van der Waals surface area contributed by atoms with Crippen LogP contribution in [0, 0.1) is 0 Å². The Bertz CT molecular complexity index is 428. The van der Waals surface area contributed by atoms with E-state index in [1.807, 2.05) is 12.1 Å². The molecule has 4 nitrogen and oxygen atoms in total. The number of aliphatic hydroxyl groups is 1. The molecule has 2 rings (SSSR count). The van der Waals surface area contributed by atoms with E-state index in [1.165, 1.54) is 18.2 Å². The van der Waals surface area contributed by atoms with Crippen LogP contribution in [0.4, 0.5) is 0 Å². The number of aliphatic hydroxyl groups excluding tert-OH is 1. The van der Waals surface area contributed by atoms with Gasteiger partial charge in [-0.25, -0.2) is 4.79 Å². The Morgan fingerprint density at radius 2 is 2.33 bits per heavy atom. The number of methoxy groups -OCH3 is 1. The standard InChI is InChI=1S/C14H18O4/c1-17-14(16)9-18-13-4-2-3-11-10(7-8-15)5-6-12(11)13/h2-4,10,15H,5-9H2,1H3. The number of rotatable bonds is 5. The van der Waals surface area contributed by atoms with Crippen molar-refractivity contribution in [1.82, 2.24) is 0 Å². The molecule has 0 aromatic heterocycles. The van der Waals surface area contributed by atoms with Crippen LogP contribution in [-0.4, -0.2) is 31.4 Å². The molecule has 98 valence electrons. The van der Waals surface area contributed by atoms with Crippen LogP contribution in [0.25, 0.3) is 0 Å². The summed E-state index contributed by atoms with van der Waals surface area (Å²) in [5.41, 5.74) is 2.41. The minimum atomic E-state index is -0.377. The van der Waals surface area contributed by atoms with Gasteiger partial charge in [-0.1, -0.05) is 12.1 Å². The summed E-state index contributed by atoms with van der Waals surface area (Å²) in [6, 6.07) is 5.89. The van der Waals surface area contributed by atoms with Crippen LogP contribution in [-0.2, 0) is 16.0 Å². The summed E-state index contributed by atoms with van der Waals surface area (Å²) >= 11 is 0. The maximum absolute atomic E-state index is 11.1. The maximum Gasteiger partial charge on any atom is 0.343 e. The van der Waals surface area contributed by atoms with Crippen molar-refractivity contribution in [2.75, 3.05) is 20.3 Å². The van der Waals surface area contributed by atoms with E-state index in [-0.39, 0.29) is 19.2 Å². The lowest BCUT2D eigenvalue weighted by Crippen LogP contribution is -2.13. The Morgan fingerprint density at radius 3 is 3.06 bits per heavy atom.